The van der Waals surface area contributed by atoms with Gasteiger partial charge in [-0.2, -0.15) is 0 Å². The van der Waals surface area contributed by atoms with Crippen LogP contribution in [-0.4, -0.2) is 32.4 Å². The molecule has 0 aromatic heterocycles. The molecule has 0 radical (unpaired) electrons. The first-order valence-electron chi connectivity index (χ1n) is 17.6. The Morgan fingerprint density at radius 2 is 1.82 bits per heavy atom. The first-order valence-corrected chi connectivity index (χ1v) is 17.6. The molecule has 9 atom stereocenters. The van der Waals surface area contributed by atoms with Gasteiger partial charge >= 0.3 is 6.09 Å². The lowest BCUT2D eigenvalue weighted by atomic mass is 9.48. The molecule has 1 aromatic rings. The SMILES string of the molecule is COc1c(NCCNC(=O)O[C@@H]2CC3=CC[C@H]4[C@@H]5CC[C@H]([C@H](C)CCCC(C)C)[C@@]5(C)CC[C@@H]4[C@@]3(C)C[C@@H](C)C2)c(=O)c1=O. The van der Waals surface area contributed by atoms with Gasteiger partial charge in [-0.3, -0.25) is 9.59 Å². The van der Waals surface area contributed by atoms with E-state index in [0.717, 1.165) is 48.3 Å². The molecule has 0 bridgehead atoms. The van der Waals surface area contributed by atoms with Gasteiger partial charge in [0.05, 0.1) is 7.11 Å². The number of amides is 1. The molecule has 3 fully saturated rings. The molecule has 5 rings (SSSR count). The Morgan fingerprint density at radius 3 is 2.55 bits per heavy atom. The third-order valence-corrected chi connectivity index (χ3v) is 12.8. The van der Waals surface area contributed by atoms with Gasteiger partial charge in [0, 0.05) is 19.5 Å². The highest BCUT2D eigenvalue weighted by molar-refractivity contribution is 5.67. The fraction of sp³-hybridized carbons (Fsp3) is 0.811. The Bertz CT molecular complexity index is 1280. The Balaban J connectivity index is 1.18. The Kier molecular flexibility index (Phi) is 9.92. The van der Waals surface area contributed by atoms with Crippen molar-refractivity contribution in [3.05, 3.63) is 32.1 Å². The molecule has 0 spiro atoms. The number of carbonyl (C=O) groups excluding carboxylic acids is 1. The number of alkyl carbamates (subject to hydrolysis) is 1. The van der Waals surface area contributed by atoms with Crippen molar-refractivity contribution in [2.75, 3.05) is 25.5 Å². The van der Waals surface area contributed by atoms with Crippen molar-refractivity contribution in [1.82, 2.24) is 5.32 Å². The summed E-state index contributed by atoms with van der Waals surface area (Å²) in [5, 5.41) is 5.70. The number of hydrogen-bond donors (Lipinski definition) is 2. The van der Waals surface area contributed by atoms with E-state index < -0.39 is 17.0 Å². The summed E-state index contributed by atoms with van der Waals surface area (Å²) in [6, 6.07) is 0. The molecule has 7 heteroatoms. The van der Waals surface area contributed by atoms with Crippen LogP contribution in [0.15, 0.2) is 21.2 Å². The Labute approximate surface area is 265 Å². The third-order valence-electron chi connectivity index (χ3n) is 12.8. The van der Waals surface area contributed by atoms with Crippen LogP contribution in [0.4, 0.5) is 10.5 Å². The van der Waals surface area contributed by atoms with Crippen molar-refractivity contribution >= 4 is 11.8 Å². The third kappa shape index (κ3) is 6.23. The largest absolute Gasteiger partial charge is 0.491 e. The van der Waals surface area contributed by atoms with Gasteiger partial charge in [0.15, 0.2) is 5.75 Å². The van der Waals surface area contributed by atoms with Crippen LogP contribution in [0.5, 0.6) is 5.75 Å². The lowest BCUT2D eigenvalue weighted by Gasteiger charge is -2.57. The molecule has 3 saturated carbocycles. The first kappa shape index (κ1) is 33.1. The zero-order valence-electron chi connectivity index (χ0n) is 28.4. The van der Waals surface area contributed by atoms with Crippen LogP contribution in [0, 0.1) is 52.3 Å². The fourth-order valence-electron chi connectivity index (χ4n) is 10.7. The first-order chi connectivity index (χ1) is 20.9. The number of anilines is 1. The predicted molar refractivity (Wildman–Crippen MR) is 177 cm³/mol. The van der Waals surface area contributed by atoms with Crippen molar-refractivity contribution in [1.29, 1.82) is 0 Å². The van der Waals surface area contributed by atoms with E-state index >= 15 is 0 Å². The minimum atomic E-state index is -0.614. The molecule has 4 aliphatic rings. The zero-order chi connectivity index (χ0) is 31.8. The lowest BCUT2D eigenvalue weighted by molar-refractivity contribution is -0.0485. The maximum atomic E-state index is 12.8. The van der Waals surface area contributed by atoms with Crippen LogP contribution in [0.1, 0.15) is 112 Å². The second-order valence-electron chi connectivity index (χ2n) is 16.0. The molecule has 4 aliphatic carbocycles. The van der Waals surface area contributed by atoms with Crippen LogP contribution in [-0.2, 0) is 4.74 Å². The summed E-state index contributed by atoms with van der Waals surface area (Å²) in [5.74, 6) is 5.38. The number of carbonyl (C=O) groups is 1. The molecule has 0 saturated heterocycles. The molecule has 7 nitrogen and oxygen atoms in total. The highest BCUT2D eigenvalue weighted by atomic mass is 16.6. The molecule has 2 N–H and O–H groups in total. The molecule has 0 heterocycles. The van der Waals surface area contributed by atoms with E-state index in [-0.39, 0.29) is 29.5 Å². The van der Waals surface area contributed by atoms with E-state index in [1.165, 1.54) is 70.5 Å². The summed E-state index contributed by atoms with van der Waals surface area (Å²) in [7, 11) is 1.37. The number of allylic oxidation sites excluding steroid dienone is 1. The summed E-state index contributed by atoms with van der Waals surface area (Å²) in [6.45, 7) is 15.4. The topological polar surface area (TPSA) is 93.7 Å². The number of nitrogens with one attached hydrogen (secondary N) is 2. The highest BCUT2D eigenvalue weighted by Gasteiger charge is 2.59. The van der Waals surface area contributed by atoms with Crippen molar-refractivity contribution < 1.29 is 14.3 Å². The average Bonchev–Trinajstić information content (AvgIpc) is 3.26. The van der Waals surface area contributed by atoms with Gasteiger partial charge in [-0.15, -0.1) is 0 Å². The smallest absolute Gasteiger partial charge is 0.407 e. The lowest BCUT2D eigenvalue weighted by Crippen LogP contribution is -2.49. The zero-order valence-corrected chi connectivity index (χ0v) is 28.4. The quantitative estimate of drug-likeness (QED) is 0.153. The monoisotopic (exact) mass is 610 g/mol. The normalized spacial score (nSPS) is 35.6. The van der Waals surface area contributed by atoms with Gasteiger partial charge in [0.25, 0.3) is 10.9 Å². The van der Waals surface area contributed by atoms with E-state index in [2.05, 4.69) is 58.3 Å². The molecule has 0 aliphatic heterocycles. The summed E-state index contributed by atoms with van der Waals surface area (Å²) < 4.78 is 11.0. The van der Waals surface area contributed by atoms with E-state index in [1.807, 2.05) is 0 Å². The molecular formula is C37H58N2O5. The Hall–Kier alpha value is -2.31. The van der Waals surface area contributed by atoms with Crippen molar-refractivity contribution in [3.63, 3.8) is 0 Å². The van der Waals surface area contributed by atoms with Crippen LogP contribution in [0.3, 0.4) is 0 Å². The molecule has 246 valence electrons. The van der Waals surface area contributed by atoms with Gasteiger partial charge < -0.3 is 20.1 Å². The minimum absolute atomic E-state index is 0.0538. The molecule has 0 unspecified atom stereocenters. The summed E-state index contributed by atoms with van der Waals surface area (Å²) >= 11 is 0. The fourth-order valence-corrected chi connectivity index (χ4v) is 10.7. The van der Waals surface area contributed by atoms with Crippen molar-refractivity contribution in [2.24, 2.45) is 52.3 Å². The van der Waals surface area contributed by atoms with Crippen LogP contribution >= 0.6 is 0 Å². The second-order valence-corrected chi connectivity index (χ2v) is 16.0. The standard InChI is InChI=1S/C37H58N2O5/c1-22(2)9-8-10-24(4)28-13-14-29-27-12-11-25-20-26(19-23(3)21-37(25,6)30(27)15-16-36(28,29)5)44-35(42)39-18-17-38-31-32(40)33(41)34(31)43-7/h11,22-24,26-30,38H,8-10,12-21H2,1-7H3,(H,39,42)/t23-,24+,26-,27-,28+,29-,30-,36+,37-/m0/s1. The molecule has 44 heavy (non-hydrogen) atoms. The van der Waals surface area contributed by atoms with E-state index in [4.69, 9.17) is 9.47 Å². The number of methoxy groups -OCH3 is 1. The van der Waals surface area contributed by atoms with E-state index in [1.54, 1.807) is 0 Å². The molecule has 1 aromatic carbocycles. The van der Waals surface area contributed by atoms with Crippen LogP contribution in [0.25, 0.3) is 0 Å². The molecule has 1 amide bonds. The number of fused-ring (bicyclic) bond motifs is 5. The summed E-state index contributed by atoms with van der Waals surface area (Å²) in [6.07, 6.45) is 15.7. The second kappa shape index (κ2) is 13.2. The number of hydrogen-bond acceptors (Lipinski definition) is 6. The summed E-state index contributed by atoms with van der Waals surface area (Å²) in [4.78, 5) is 36.0. The average molecular weight is 611 g/mol. The van der Waals surface area contributed by atoms with Gasteiger partial charge in [0.2, 0.25) is 0 Å². The van der Waals surface area contributed by atoms with Gasteiger partial charge in [-0.25, -0.2) is 4.79 Å². The number of rotatable bonds is 11. The predicted octanol–water partition coefficient (Wildman–Crippen LogP) is 7.48. The number of ether oxygens (including phenoxy) is 2. The van der Waals surface area contributed by atoms with Gasteiger partial charge in [-0.05, 0) is 97.2 Å². The summed E-state index contributed by atoms with van der Waals surface area (Å²) in [5.41, 5.74) is 1.18. The van der Waals surface area contributed by atoms with Gasteiger partial charge in [0.1, 0.15) is 11.8 Å². The van der Waals surface area contributed by atoms with E-state index in [9.17, 15) is 14.4 Å². The molecular weight excluding hydrogens is 552 g/mol. The van der Waals surface area contributed by atoms with E-state index in [0.29, 0.717) is 17.9 Å². The van der Waals surface area contributed by atoms with Crippen molar-refractivity contribution in [2.45, 2.75) is 118 Å². The van der Waals surface area contributed by atoms with Gasteiger partial charge in [-0.1, -0.05) is 72.5 Å². The van der Waals surface area contributed by atoms with Crippen molar-refractivity contribution in [3.8, 4) is 5.75 Å². The maximum absolute atomic E-state index is 12.8. The van der Waals surface area contributed by atoms with Crippen LogP contribution < -0.4 is 26.2 Å². The minimum Gasteiger partial charge on any atom is -0.491 e. The highest BCUT2D eigenvalue weighted by Crippen LogP contribution is 2.67. The van der Waals surface area contributed by atoms with Crippen LogP contribution in [0.2, 0.25) is 0 Å². The maximum Gasteiger partial charge on any atom is 0.407 e. The Morgan fingerprint density at radius 1 is 1.05 bits per heavy atom.